The van der Waals surface area contributed by atoms with Gasteiger partial charge in [-0.15, -0.1) is 0 Å². The molecule has 1 heterocycles. The fourth-order valence-electron chi connectivity index (χ4n) is 4.73. The molecule has 0 atom stereocenters. The Balaban J connectivity index is 1.39. The fourth-order valence-corrected chi connectivity index (χ4v) is 4.73. The summed E-state index contributed by atoms with van der Waals surface area (Å²) in [4.78, 5) is 2.39. The molecule has 0 radical (unpaired) electrons. The minimum absolute atomic E-state index is 0.319. The van der Waals surface area contributed by atoms with Crippen LogP contribution in [0.1, 0.15) is 49.7 Å². The molecule has 2 fully saturated rings. The van der Waals surface area contributed by atoms with Gasteiger partial charge in [-0.1, -0.05) is 24.3 Å². The first-order chi connectivity index (χ1) is 14.6. The van der Waals surface area contributed by atoms with Gasteiger partial charge in [0.25, 0.3) is 0 Å². The quantitative estimate of drug-likeness (QED) is 0.727. The molecule has 1 aliphatic carbocycles. The molecule has 0 spiro atoms. The van der Waals surface area contributed by atoms with E-state index in [1.54, 1.807) is 14.2 Å². The summed E-state index contributed by atoms with van der Waals surface area (Å²) in [7, 11) is 3.36. The number of benzene rings is 2. The third-order valence-electron chi connectivity index (χ3n) is 6.52. The van der Waals surface area contributed by atoms with Crippen LogP contribution in [0.4, 0.5) is 0 Å². The van der Waals surface area contributed by atoms with Gasteiger partial charge in [-0.2, -0.15) is 0 Å². The number of likely N-dealkylation sites (tertiary alicyclic amines) is 1. The van der Waals surface area contributed by atoms with Crippen molar-refractivity contribution in [1.82, 2.24) is 4.90 Å². The molecule has 0 aromatic heterocycles. The van der Waals surface area contributed by atoms with Crippen molar-refractivity contribution >= 4 is 0 Å². The Hall–Kier alpha value is -2.24. The number of piperidine rings is 1. The van der Waals surface area contributed by atoms with Crippen LogP contribution in [0, 0.1) is 0 Å². The molecule has 1 saturated carbocycles. The molecule has 0 amide bonds. The Morgan fingerprint density at radius 1 is 0.933 bits per heavy atom. The molecule has 1 N–H and O–H groups in total. The third-order valence-corrected chi connectivity index (χ3v) is 6.52. The lowest BCUT2D eigenvalue weighted by atomic mass is 9.84. The zero-order chi connectivity index (χ0) is 21.0. The molecule has 0 unspecified atom stereocenters. The fraction of sp³-hybridized carbons (Fsp3) is 0.520. The van der Waals surface area contributed by atoms with E-state index in [2.05, 4.69) is 17.0 Å². The third kappa shape index (κ3) is 4.57. The summed E-state index contributed by atoms with van der Waals surface area (Å²) in [5.74, 6) is 2.41. The van der Waals surface area contributed by atoms with Crippen LogP contribution in [0.15, 0.2) is 42.5 Å². The Kier molecular flexibility index (Phi) is 6.49. The van der Waals surface area contributed by atoms with Gasteiger partial charge in [0, 0.05) is 25.2 Å². The summed E-state index contributed by atoms with van der Waals surface area (Å²) in [6, 6.07) is 14.1. The normalized spacial score (nSPS) is 19.6. The molecular formula is C25H33NO4. The lowest BCUT2D eigenvalue weighted by molar-refractivity contribution is -0.0292. The molecule has 2 aromatic carbocycles. The number of ether oxygens (including phenoxy) is 3. The summed E-state index contributed by atoms with van der Waals surface area (Å²) >= 11 is 0. The highest BCUT2D eigenvalue weighted by Gasteiger charge is 2.36. The number of para-hydroxylation sites is 1. The summed E-state index contributed by atoms with van der Waals surface area (Å²) in [6.07, 6.45) is 6.46. The van der Waals surface area contributed by atoms with E-state index in [0.717, 1.165) is 55.3 Å². The zero-order valence-corrected chi connectivity index (χ0v) is 18.1. The largest absolute Gasteiger partial charge is 0.496 e. The highest BCUT2D eigenvalue weighted by molar-refractivity contribution is 5.43. The van der Waals surface area contributed by atoms with Crippen molar-refractivity contribution in [2.75, 3.05) is 27.3 Å². The van der Waals surface area contributed by atoms with Crippen LogP contribution in [0.2, 0.25) is 0 Å². The van der Waals surface area contributed by atoms with Gasteiger partial charge in [-0.05, 0) is 62.3 Å². The van der Waals surface area contributed by atoms with E-state index < -0.39 is 5.60 Å². The Labute approximate surface area is 179 Å². The lowest BCUT2D eigenvalue weighted by Gasteiger charge is -2.39. The van der Waals surface area contributed by atoms with E-state index in [1.165, 1.54) is 18.4 Å². The smallest absolute Gasteiger partial charge is 0.161 e. The lowest BCUT2D eigenvalue weighted by Crippen LogP contribution is -2.42. The summed E-state index contributed by atoms with van der Waals surface area (Å²) in [5.41, 5.74) is 1.26. The van der Waals surface area contributed by atoms with Gasteiger partial charge in [0.2, 0.25) is 0 Å². The average molecular weight is 412 g/mol. The van der Waals surface area contributed by atoms with E-state index in [9.17, 15) is 5.11 Å². The number of nitrogens with zero attached hydrogens (tertiary/aromatic N) is 1. The first-order valence-corrected chi connectivity index (χ1v) is 11.0. The minimum Gasteiger partial charge on any atom is -0.496 e. The highest BCUT2D eigenvalue weighted by Crippen LogP contribution is 2.38. The molecule has 1 saturated heterocycles. The highest BCUT2D eigenvalue weighted by atomic mass is 16.5. The maximum atomic E-state index is 11.2. The number of hydrogen-bond donors (Lipinski definition) is 1. The van der Waals surface area contributed by atoms with Crippen molar-refractivity contribution in [3.05, 3.63) is 53.6 Å². The van der Waals surface area contributed by atoms with E-state index in [1.807, 2.05) is 30.3 Å². The van der Waals surface area contributed by atoms with Crippen LogP contribution in [0.5, 0.6) is 17.2 Å². The SMILES string of the molecule is COc1cc(CN2CCC(O)(c3ccccc3OC)CC2)ccc1OC1CCCC1. The predicted molar refractivity (Wildman–Crippen MR) is 117 cm³/mol. The molecule has 5 heteroatoms. The number of methoxy groups -OCH3 is 2. The summed E-state index contributed by atoms with van der Waals surface area (Å²) in [6.45, 7) is 2.50. The molecule has 162 valence electrons. The van der Waals surface area contributed by atoms with Gasteiger partial charge < -0.3 is 19.3 Å². The molecule has 5 nitrogen and oxygen atoms in total. The Morgan fingerprint density at radius 2 is 1.63 bits per heavy atom. The second-order valence-corrected chi connectivity index (χ2v) is 8.52. The molecule has 2 aliphatic rings. The molecule has 2 aromatic rings. The van der Waals surface area contributed by atoms with Crippen molar-refractivity contribution in [3.8, 4) is 17.2 Å². The van der Waals surface area contributed by atoms with Crippen molar-refractivity contribution in [2.45, 2.75) is 56.8 Å². The number of aliphatic hydroxyl groups is 1. The molecule has 1 aliphatic heterocycles. The van der Waals surface area contributed by atoms with Crippen LogP contribution in [0.3, 0.4) is 0 Å². The monoisotopic (exact) mass is 411 g/mol. The number of rotatable bonds is 7. The van der Waals surface area contributed by atoms with Gasteiger partial charge in [0.15, 0.2) is 11.5 Å². The van der Waals surface area contributed by atoms with Crippen molar-refractivity contribution in [1.29, 1.82) is 0 Å². The zero-order valence-electron chi connectivity index (χ0n) is 18.1. The average Bonchev–Trinajstić information content (AvgIpc) is 3.29. The number of hydrogen-bond acceptors (Lipinski definition) is 5. The van der Waals surface area contributed by atoms with E-state index in [4.69, 9.17) is 14.2 Å². The van der Waals surface area contributed by atoms with Crippen LogP contribution >= 0.6 is 0 Å². The van der Waals surface area contributed by atoms with Gasteiger partial charge in [0.05, 0.1) is 25.9 Å². The topological polar surface area (TPSA) is 51.2 Å². The van der Waals surface area contributed by atoms with Gasteiger partial charge >= 0.3 is 0 Å². The first kappa shape index (κ1) is 21.0. The second-order valence-electron chi connectivity index (χ2n) is 8.52. The van der Waals surface area contributed by atoms with Gasteiger partial charge in [-0.25, -0.2) is 0 Å². The van der Waals surface area contributed by atoms with E-state index >= 15 is 0 Å². The Morgan fingerprint density at radius 3 is 2.33 bits per heavy atom. The van der Waals surface area contributed by atoms with Crippen molar-refractivity contribution in [3.63, 3.8) is 0 Å². The second kappa shape index (κ2) is 9.27. The Bertz CT molecular complexity index is 839. The van der Waals surface area contributed by atoms with Crippen LogP contribution < -0.4 is 14.2 Å². The van der Waals surface area contributed by atoms with Gasteiger partial charge in [-0.3, -0.25) is 4.90 Å². The van der Waals surface area contributed by atoms with Crippen molar-refractivity contribution in [2.24, 2.45) is 0 Å². The van der Waals surface area contributed by atoms with Gasteiger partial charge in [0.1, 0.15) is 5.75 Å². The molecule has 4 rings (SSSR count). The first-order valence-electron chi connectivity index (χ1n) is 11.0. The minimum atomic E-state index is -0.834. The maximum Gasteiger partial charge on any atom is 0.161 e. The summed E-state index contributed by atoms with van der Waals surface area (Å²) < 4.78 is 17.2. The van der Waals surface area contributed by atoms with E-state index in [0.29, 0.717) is 18.9 Å². The van der Waals surface area contributed by atoms with Crippen LogP contribution in [-0.2, 0) is 12.1 Å². The standard InChI is InChI=1S/C25H33NO4/c1-28-22-10-6-5-9-21(22)25(27)13-15-26(16-14-25)18-19-11-12-23(24(17-19)29-2)30-20-7-3-4-8-20/h5-6,9-12,17,20,27H,3-4,7-8,13-16,18H2,1-2H3. The van der Waals surface area contributed by atoms with Crippen LogP contribution in [0.25, 0.3) is 0 Å². The van der Waals surface area contributed by atoms with Crippen molar-refractivity contribution < 1.29 is 19.3 Å². The molecule has 30 heavy (non-hydrogen) atoms. The predicted octanol–water partition coefficient (Wildman–Crippen LogP) is 4.51. The molecule has 0 bridgehead atoms. The molecular weight excluding hydrogens is 378 g/mol. The summed E-state index contributed by atoms with van der Waals surface area (Å²) in [5, 5.41) is 11.2. The van der Waals surface area contributed by atoms with Crippen LogP contribution in [-0.4, -0.2) is 43.4 Å². The van der Waals surface area contributed by atoms with E-state index in [-0.39, 0.29) is 0 Å². The maximum absolute atomic E-state index is 11.2.